The fourth-order valence-electron chi connectivity index (χ4n) is 7.82. The molecule has 2 atom stereocenters. The first-order valence-corrected chi connectivity index (χ1v) is 21.0. The number of benzene rings is 6. The fourth-order valence-corrected chi connectivity index (χ4v) is 8.50. The normalized spacial score (nSPS) is 16.7. The van der Waals surface area contributed by atoms with Gasteiger partial charge in [0.1, 0.15) is 23.5 Å². The molecule has 0 bridgehead atoms. The van der Waals surface area contributed by atoms with Crippen LogP contribution in [0.5, 0.6) is 5.75 Å². The van der Waals surface area contributed by atoms with E-state index in [0.717, 1.165) is 40.6 Å². The van der Waals surface area contributed by atoms with E-state index >= 15 is 0 Å². The Morgan fingerprint density at radius 2 is 1.40 bits per heavy atom. The van der Waals surface area contributed by atoms with Crippen molar-refractivity contribution in [2.45, 2.75) is 24.5 Å². The van der Waals surface area contributed by atoms with Crippen molar-refractivity contribution < 1.29 is 37.5 Å². The molecule has 0 aromatic heterocycles. The lowest BCUT2D eigenvalue weighted by Gasteiger charge is -2.25. The molecule has 2 fully saturated rings. The Balaban J connectivity index is 1.04. The van der Waals surface area contributed by atoms with Gasteiger partial charge in [-0.25, -0.2) is 8.78 Å². The zero-order valence-electron chi connectivity index (χ0n) is 33.6. The van der Waals surface area contributed by atoms with Gasteiger partial charge in [-0.3, -0.25) is 29.3 Å². The summed E-state index contributed by atoms with van der Waals surface area (Å²) in [4.78, 5) is 66.9. The molecule has 0 radical (unpaired) electrons. The highest BCUT2D eigenvalue weighted by Gasteiger charge is 2.39. The second-order valence-electron chi connectivity index (χ2n) is 15.0. The lowest BCUT2D eigenvalue weighted by Crippen LogP contribution is -2.43. The molecule has 314 valence electrons. The van der Waals surface area contributed by atoms with Crippen molar-refractivity contribution in [1.29, 1.82) is 0 Å². The third-order valence-corrected chi connectivity index (χ3v) is 11.6. The highest BCUT2D eigenvalue weighted by Crippen LogP contribution is 2.38. The number of ether oxygens (including phenoxy) is 1. The zero-order valence-corrected chi connectivity index (χ0v) is 34.4. The number of thioether (sulfide) groups is 1. The number of para-hydroxylation sites is 1. The third-order valence-electron chi connectivity index (χ3n) is 10.8. The van der Waals surface area contributed by atoms with E-state index in [1.54, 1.807) is 53.5 Å². The zero-order chi connectivity index (χ0) is 43.9. The van der Waals surface area contributed by atoms with Gasteiger partial charge >= 0.3 is 0 Å². The third kappa shape index (κ3) is 9.87. The van der Waals surface area contributed by atoms with Crippen LogP contribution in [0.15, 0.2) is 163 Å². The van der Waals surface area contributed by atoms with E-state index in [1.165, 1.54) is 18.2 Å². The van der Waals surface area contributed by atoms with Gasteiger partial charge in [0, 0.05) is 42.2 Å². The van der Waals surface area contributed by atoms with Crippen molar-refractivity contribution in [3.05, 3.63) is 219 Å². The van der Waals surface area contributed by atoms with Crippen LogP contribution in [0.2, 0.25) is 0 Å². The first-order valence-electron chi connectivity index (χ1n) is 20.2. The van der Waals surface area contributed by atoms with E-state index in [-0.39, 0.29) is 35.7 Å². The number of nitrogens with zero attached hydrogens (tertiary/aromatic N) is 1. The smallest absolute Gasteiger partial charge is 0.290 e. The van der Waals surface area contributed by atoms with Crippen molar-refractivity contribution in [2.75, 3.05) is 13.1 Å². The number of halogens is 2. The molecule has 12 heteroatoms. The van der Waals surface area contributed by atoms with Crippen molar-refractivity contribution in [2.24, 2.45) is 0 Å². The first-order chi connectivity index (χ1) is 30.6. The maximum absolute atomic E-state index is 14.9. The largest absolute Gasteiger partial charge is 0.488 e. The predicted molar refractivity (Wildman–Crippen MR) is 238 cm³/mol. The molecule has 2 aliphatic heterocycles. The molecule has 6 aromatic carbocycles. The molecule has 2 heterocycles. The number of imide groups is 1. The standard InChI is InChI=1S/C51H39F2N3O6S/c52-36-24-25-41(43(53)28-36)48(58)39-15-7-8-16-40(39)50(60)56-31-38(62-44-18-10-9-17-42(44)47(34-11-3-1-4-12-34)35-13-5-2-6-14-35)29-37(56)30-54-46(57)26-23-32-19-21-33(22-20-32)27-45-49(59)55-51(61)63-45/h1-28,37-38,47H,29-31H2,(H,54,57)(H,55,59,61)/t37-,38+/m0/s1. The van der Waals surface area contributed by atoms with Crippen LogP contribution < -0.4 is 15.4 Å². The van der Waals surface area contributed by atoms with E-state index in [4.69, 9.17) is 4.74 Å². The van der Waals surface area contributed by atoms with Gasteiger partial charge in [0.25, 0.3) is 17.1 Å². The van der Waals surface area contributed by atoms with Crippen LogP contribution in [0.4, 0.5) is 13.6 Å². The topological polar surface area (TPSA) is 122 Å². The quantitative estimate of drug-likeness (QED) is 0.0675. The van der Waals surface area contributed by atoms with E-state index in [0.29, 0.717) is 34.3 Å². The number of amides is 4. The first kappa shape index (κ1) is 42.3. The van der Waals surface area contributed by atoms with Crippen molar-refractivity contribution >= 4 is 52.7 Å². The average Bonchev–Trinajstić information content (AvgIpc) is 3.86. The van der Waals surface area contributed by atoms with E-state index in [9.17, 15) is 32.8 Å². The Morgan fingerprint density at radius 3 is 2.06 bits per heavy atom. The summed E-state index contributed by atoms with van der Waals surface area (Å²) in [5.74, 6) is -3.58. The molecule has 9 nitrogen and oxygen atoms in total. The summed E-state index contributed by atoms with van der Waals surface area (Å²) in [7, 11) is 0. The van der Waals surface area contributed by atoms with E-state index < -0.39 is 52.5 Å². The van der Waals surface area contributed by atoms with Crippen LogP contribution in [0, 0.1) is 11.6 Å². The SMILES string of the molecule is O=C(C=Cc1ccc(C=C2SC(=O)NC2=O)cc1)NC[C@@H]1C[C@@H](Oc2ccccc2C(c2ccccc2)c2ccccc2)CN1C(=O)c1ccccc1C(=O)c1ccc(F)cc1F. The highest BCUT2D eigenvalue weighted by molar-refractivity contribution is 8.18. The molecule has 4 amide bonds. The van der Waals surface area contributed by atoms with Crippen LogP contribution >= 0.6 is 11.8 Å². The molecule has 0 saturated carbocycles. The Kier molecular flexibility index (Phi) is 12.8. The second kappa shape index (κ2) is 19.1. The van der Waals surface area contributed by atoms with Gasteiger partial charge in [-0.2, -0.15) is 0 Å². The van der Waals surface area contributed by atoms with Crippen molar-refractivity contribution in [3.63, 3.8) is 0 Å². The van der Waals surface area contributed by atoms with Gasteiger partial charge < -0.3 is 15.0 Å². The van der Waals surface area contributed by atoms with Gasteiger partial charge in [0.2, 0.25) is 5.91 Å². The Morgan fingerprint density at radius 1 is 0.762 bits per heavy atom. The summed E-state index contributed by atoms with van der Waals surface area (Å²) in [6, 6.07) is 43.2. The number of rotatable bonds is 13. The van der Waals surface area contributed by atoms with E-state index in [2.05, 4.69) is 34.9 Å². The molecule has 6 aromatic rings. The summed E-state index contributed by atoms with van der Waals surface area (Å²) >= 11 is 0.827. The Bertz CT molecular complexity index is 2720. The number of hydrogen-bond donors (Lipinski definition) is 2. The molecule has 0 spiro atoms. The van der Waals surface area contributed by atoms with Crippen molar-refractivity contribution in [1.82, 2.24) is 15.5 Å². The van der Waals surface area contributed by atoms with Crippen LogP contribution in [0.25, 0.3) is 12.2 Å². The summed E-state index contributed by atoms with van der Waals surface area (Å²) < 4.78 is 35.5. The number of carbonyl (C=O) groups is 5. The Hall–Kier alpha value is -7.44. The van der Waals surface area contributed by atoms with E-state index in [1.807, 2.05) is 60.7 Å². The maximum Gasteiger partial charge on any atom is 0.290 e. The van der Waals surface area contributed by atoms with Crippen LogP contribution in [-0.4, -0.2) is 58.9 Å². The molecule has 8 rings (SSSR count). The number of nitrogens with one attached hydrogen (secondary N) is 2. The molecular formula is C51H39F2N3O6S. The summed E-state index contributed by atoms with van der Waals surface area (Å²) in [5.41, 5.74) is 4.07. The van der Waals surface area contributed by atoms with Gasteiger partial charge in [-0.1, -0.05) is 121 Å². The van der Waals surface area contributed by atoms with Gasteiger partial charge in [0.05, 0.1) is 28.6 Å². The van der Waals surface area contributed by atoms with Crippen LogP contribution in [-0.2, 0) is 9.59 Å². The molecule has 2 N–H and O–H groups in total. The van der Waals surface area contributed by atoms with Crippen molar-refractivity contribution in [3.8, 4) is 5.75 Å². The molecule has 2 aliphatic rings. The molecular weight excluding hydrogens is 821 g/mol. The number of ketones is 1. The Labute approximate surface area is 366 Å². The summed E-state index contributed by atoms with van der Waals surface area (Å²) in [5, 5.41) is 4.71. The highest BCUT2D eigenvalue weighted by atomic mass is 32.2. The lowest BCUT2D eigenvalue weighted by molar-refractivity contribution is -0.117. The monoisotopic (exact) mass is 859 g/mol. The number of carbonyl (C=O) groups excluding carboxylic acids is 5. The molecule has 63 heavy (non-hydrogen) atoms. The minimum atomic E-state index is -1.04. The maximum atomic E-state index is 14.9. The van der Waals surface area contributed by atoms with Gasteiger partial charge in [-0.15, -0.1) is 0 Å². The predicted octanol–water partition coefficient (Wildman–Crippen LogP) is 9.19. The second-order valence-corrected chi connectivity index (χ2v) is 16.0. The minimum absolute atomic E-state index is 0.0227. The fraction of sp³-hybridized carbons (Fsp3) is 0.118. The van der Waals surface area contributed by atoms with Crippen LogP contribution in [0.3, 0.4) is 0 Å². The minimum Gasteiger partial charge on any atom is -0.488 e. The van der Waals surface area contributed by atoms with Crippen LogP contribution in [0.1, 0.15) is 66.4 Å². The average molecular weight is 860 g/mol. The number of hydrogen-bond acceptors (Lipinski definition) is 7. The summed E-state index contributed by atoms with van der Waals surface area (Å²) in [6.45, 7) is 0.149. The lowest BCUT2D eigenvalue weighted by atomic mass is 9.84. The van der Waals surface area contributed by atoms with Gasteiger partial charge in [-0.05, 0) is 70.4 Å². The molecule has 0 aliphatic carbocycles. The molecule has 0 unspecified atom stereocenters. The van der Waals surface area contributed by atoms with Gasteiger partial charge in [0.15, 0.2) is 5.78 Å². The number of likely N-dealkylation sites (tertiary alicyclic amines) is 1. The summed E-state index contributed by atoms with van der Waals surface area (Å²) in [6.07, 6.45) is 4.40. The molecule has 2 saturated heterocycles.